The molecule has 0 amide bonds. The van der Waals surface area contributed by atoms with Crippen LogP contribution in [0.2, 0.25) is 0 Å². The molecule has 0 unspecified atom stereocenters. The normalized spacial score (nSPS) is 11.9. The highest BCUT2D eigenvalue weighted by Crippen LogP contribution is 2.16. The zero-order valence-corrected chi connectivity index (χ0v) is 11.8. The lowest BCUT2D eigenvalue weighted by molar-refractivity contribution is -0.146. The highest BCUT2D eigenvalue weighted by Gasteiger charge is 2.17. The van der Waals surface area contributed by atoms with Gasteiger partial charge in [-0.25, -0.2) is 4.79 Å². The smallest absolute Gasteiger partial charge is 0.327 e. The van der Waals surface area contributed by atoms with Crippen molar-refractivity contribution >= 4 is 21.9 Å². The third kappa shape index (κ3) is 3.91. The van der Waals surface area contributed by atoms with Gasteiger partial charge in [-0.15, -0.1) is 0 Å². The number of rotatable bonds is 4. The Balaban J connectivity index is 1.94. The van der Waals surface area contributed by atoms with Crippen LogP contribution in [0.3, 0.4) is 0 Å². The van der Waals surface area contributed by atoms with E-state index in [1.807, 2.05) is 42.5 Å². The van der Waals surface area contributed by atoms with Gasteiger partial charge < -0.3 is 10.5 Å². The Hall–Kier alpha value is -1.65. The summed E-state index contributed by atoms with van der Waals surface area (Å²) in [6, 6.07) is 16.1. The van der Waals surface area contributed by atoms with E-state index in [0.29, 0.717) is 0 Å². The van der Waals surface area contributed by atoms with Crippen molar-refractivity contribution in [3.05, 3.63) is 70.2 Å². The predicted molar refractivity (Wildman–Crippen MR) is 77.3 cm³/mol. The second kappa shape index (κ2) is 6.50. The van der Waals surface area contributed by atoms with Crippen LogP contribution < -0.4 is 5.73 Å². The predicted octanol–water partition coefficient (Wildman–Crippen LogP) is 3.19. The fraction of sp³-hybridized carbons (Fsp3) is 0.133. The van der Waals surface area contributed by atoms with Crippen LogP contribution >= 0.6 is 15.9 Å². The number of benzene rings is 2. The SMILES string of the molecule is N[C@H](C(=O)OCc1ccccc1)c1ccc(Br)cc1. The van der Waals surface area contributed by atoms with Crippen LogP contribution in [0.1, 0.15) is 17.2 Å². The quantitative estimate of drug-likeness (QED) is 0.880. The van der Waals surface area contributed by atoms with Crippen LogP contribution in [0.25, 0.3) is 0 Å². The first kappa shape index (κ1) is 13.8. The standard InChI is InChI=1S/C15H14BrNO2/c16-13-8-6-12(7-9-13)14(17)15(18)19-10-11-4-2-1-3-5-11/h1-9,14H,10,17H2/t14-/m0/s1. The van der Waals surface area contributed by atoms with Gasteiger partial charge in [-0.3, -0.25) is 0 Å². The van der Waals surface area contributed by atoms with Crippen LogP contribution in [-0.4, -0.2) is 5.97 Å². The van der Waals surface area contributed by atoms with Gasteiger partial charge in [0.05, 0.1) is 0 Å². The minimum absolute atomic E-state index is 0.240. The zero-order chi connectivity index (χ0) is 13.7. The Morgan fingerprint density at radius 3 is 2.37 bits per heavy atom. The second-order valence-electron chi connectivity index (χ2n) is 4.12. The fourth-order valence-electron chi connectivity index (χ4n) is 1.62. The third-order valence-corrected chi connectivity index (χ3v) is 3.24. The molecule has 2 aromatic rings. The molecule has 0 fully saturated rings. The third-order valence-electron chi connectivity index (χ3n) is 2.71. The van der Waals surface area contributed by atoms with Crippen molar-refractivity contribution in [2.45, 2.75) is 12.6 Å². The van der Waals surface area contributed by atoms with Crippen LogP contribution in [0.5, 0.6) is 0 Å². The van der Waals surface area contributed by atoms with E-state index < -0.39 is 12.0 Å². The van der Waals surface area contributed by atoms with Gasteiger partial charge in [0.15, 0.2) is 0 Å². The molecular formula is C15H14BrNO2. The maximum atomic E-state index is 11.8. The molecule has 4 heteroatoms. The summed E-state index contributed by atoms with van der Waals surface area (Å²) in [6.07, 6.45) is 0. The van der Waals surface area contributed by atoms with Crippen LogP contribution in [0.15, 0.2) is 59.1 Å². The maximum Gasteiger partial charge on any atom is 0.327 e. The number of carbonyl (C=O) groups is 1. The number of halogens is 1. The first-order valence-electron chi connectivity index (χ1n) is 5.88. The molecular weight excluding hydrogens is 306 g/mol. The number of hydrogen-bond donors (Lipinski definition) is 1. The number of carbonyl (C=O) groups excluding carboxylic acids is 1. The fourth-order valence-corrected chi connectivity index (χ4v) is 1.89. The van der Waals surface area contributed by atoms with Gasteiger partial charge in [0.2, 0.25) is 0 Å². The molecule has 3 nitrogen and oxygen atoms in total. The van der Waals surface area contributed by atoms with E-state index in [1.54, 1.807) is 12.1 Å². The van der Waals surface area contributed by atoms with E-state index in [0.717, 1.165) is 15.6 Å². The number of hydrogen-bond acceptors (Lipinski definition) is 3. The van der Waals surface area contributed by atoms with E-state index in [1.165, 1.54) is 0 Å². The van der Waals surface area contributed by atoms with E-state index >= 15 is 0 Å². The Bertz CT molecular complexity index is 540. The molecule has 98 valence electrons. The molecule has 0 saturated carbocycles. The summed E-state index contributed by atoms with van der Waals surface area (Å²) in [5, 5.41) is 0. The lowest BCUT2D eigenvalue weighted by Crippen LogP contribution is -2.23. The Kier molecular flexibility index (Phi) is 4.71. The maximum absolute atomic E-state index is 11.8. The van der Waals surface area contributed by atoms with Crippen molar-refractivity contribution in [1.29, 1.82) is 0 Å². The van der Waals surface area contributed by atoms with Gasteiger partial charge >= 0.3 is 5.97 Å². The van der Waals surface area contributed by atoms with Crippen molar-refractivity contribution in [1.82, 2.24) is 0 Å². The molecule has 0 saturated heterocycles. The molecule has 0 aliphatic rings. The first-order chi connectivity index (χ1) is 9.16. The summed E-state index contributed by atoms with van der Waals surface area (Å²) >= 11 is 3.34. The molecule has 0 bridgehead atoms. The average molecular weight is 320 g/mol. The summed E-state index contributed by atoms with van der Waals surface area (Å²) in [7, 11) is 0. The molecule has 1 atom stereocenters. The molecule has 0 aromatic heterocycles. The number of ether oxygens (including phenoxy) is 1. The largest absolute Gasteiger partial charge is 0.459 e. The molecule has 0 spiro atoms. The molecule has 0 aliphatic carbocycles. The van der Waals surface area contributed by atoms with Crippen molar-refractivity contribution in [3.8, 4) is 0 Å². The van der Waals surface area contributed by atoms with Gasteiger partial charge in [-0.1, -0.05) is 58.4 Å². The van der Waals surface area contributed by atoms with Gasteiger partial charge in [0, 0.05) is 4.47 Å². The molecule has 2 aromatic carbocycles. The highest BCUT2D eigenvalue weighted by molar-refractivity contribution is 9.10. The number of esters is 1. The summed E-state index contributed by atoms with van der Waals surface area (Å²) < 4.78 is 6.14. The Morgan fingerprint density at radius 2 is 1.74 bits per heavy atom. The molecule has 0 aliphatic heterocycles. The first-order valence-corrected chi connectivity index (χ1v) is 6.68. The summed E-state index contributed by atoms with van der Waals surface area (Å²) in [6.45, 7) is 0.240. The van der Waals surface area contributed by atoms with Crippen molar-refractivity contribution in [3.63, 3.8) is 0 Å². The van der Waals surface area contributed by atoms with Crippen molar-refractivity contribution < 1.29 is 9.53 Å². The molecule has 19 heavy (non-hydrogen) atoms. The average Bonchev–Trinajstić information content (AvgIpc) is 2.46. The molecule has 2 N–H and O–H groups in total. The number of nitrogens with two attached hydrogens (primary N) is 1. The summed E-state index contributed by atoms with van der Waals surface area (Å²) in [4.78, 5) is 11.8. The van der Waals surface area contributed by atoms with Crippen LogP contribution in [0, 0.1) is 0 Å². The van der Waals surface area contributed by atoms with E-state index in [-0.39, 0.29) is 6.61 Å². The minimum Gasteiger partial charge on any atom is -0.459 e. The topological polar surface area (TPSA) is 52.3 Å². The minimum atomic E-state index is -0.753. The van der Waals surface area contributed by atoms with Gasteiger partial charge in [-0.05, 0) is 23.3 Å². The van der Waals surface area contributed by atoms with E-state index in [4.69, 9.17) is 10.5 Å². The van der Waals surface area contributed by atoms with Crippen molar-refractivity contribution in [2.75, 3.05) is 0 Å². The van der Waals surface area contributed by atoms with Crippen LogP contribution in [0.4, 0.5) is 0 Å². The summed E-state index contributed by atoms with van der Waals surface area (Å²) in [5.74, 6) is -0.425. The molecule has 0 heterocycles. The lowest BCUT2D eigenvalue weighted by Gasteiger charge is -2.12. The highest BCUT2D eigenvalue weighted by atomic mass is 79.9. The summed E-state index contributed by atoms with van der Waals surface area (Å²) in [5.41, 5.74) is 7.54. The second-order valence-corrected chi connectivity index (χ2v) is 5.04. The lowest BCUT2D eigenvalue weighted by atomic mass is 10.1. The van der Waals surface area contributed by atoms with E-state index in [9.17, 15) is 4.79 Å². The van der Waals surface area contributed by atoms with Gasteiger partial charge in [-0.2, -0.15) is 0 Å². The van der Waals surface area contributed by atoms with Gasteiger partial charge in [0.1, 0.15) is 12.6 Å². The van der Waals surface area contributed by atoms with Crippen molar-refractivity contribution in [2.24, 2.45) is 5.73 Å². The van der Waals surface area contributed by atoms with E-state index in [2.05, 4.69) is 15.9 Å². The Morgan fingerprint density at radius 1 is 1.11 bits per heavy atom. The zero-order valence-electron chi connectivity index (χ0n) is 10.3. The van der Waals surface area contributed by atoms with Crippen LogP contribution in [-0.2, 0) is 16.1 Å². The monoisotopic (exact) mass is 319 g/mol. The van der Waals surface area contributed by atoms with Gasteiger partial charge in [0.25, 0.3) is 0 Å². The molecule has 2 rings (SSSR count). The molecule has 0 radical (unpaired) electrons. The Labute approximate surface area is 120 Å².